The van der Waals surface area contributed by atoms with Gasteiger partial charge in [-0.2, -0.15) is 0 Å². The number of anilines is 1. The number of aromatic carboxylic acids is 1. The normalized spacial score (nSPS) is 20.4. The van der Waals surface area contributed by atoms with Crippen LogP contribution in [0.5, 0.6) is 0 Å². The summed E-state index contributed by atoms with van der Waals surface area (Å²) in [6.45, 7) is 8.79. The van der Waals surface area contributed by atoms with Gasteiger partial charge in [0.2, 0.25) is 0 Å². The molecule has 116 valence electrons. The van der Waals surface area contributed by atoms with Crippen molar-refractivity contribution in [2.24, 2.45) is 0 Å². The zero-order valence-corrected chi connectivity index (χ0v) is 13.4. The van der Waals surface area contributed by atoms with Gasteiger partial charge in [-0.05, 0) is 46.3 Å². The SMILES string of the molecule is CCC1CN(C)CCCN1c1cc(C)nc(C)c1C(=O)O. The summed E-state index contributed by atoms with van der Waals surface area (Å²) >= 11 is 0. The molecule has 5 heteroatoms. The number of carboxylic acid groups (broad SMARTS) is 1. The Balaban J connectivity index is 2.50. The zero-order chi connectivity index (χ0) is 15.6. The molecule has 1 aliphatic rings. The first kappa shape index (κ1) is 15.8. The van der Waals surface area contributed by atoms with E-state index in [2.05, 4.69) is 28.8 Å². The number of aryl methyl sites for hydroxylation is 2. The number of hydrogen-bond acceptors (Lipinski definition) is 4. The van der Waals surface area contributed by atoms with Crippen molar-refractivity contribution < 1.29 is 9.90 Å². The van der Waals surface area contributed by atoms with Crippen LogP contribution in [-0.4, -0.2) is 53.7 Å². The summed E-state index contributed by atoms with van der Waals surface area (Å²) in [7, 11) is 2.13. The minimum absolute atomic E-state index is 0.344. The van der Waals surface area contributed by atoms with E-state index in [4.69, 9.17) is 0 Å². The summed E-state index contributed by atoms with van der Waals surface area (Å²) in [6, 6.07) is 2.27. The van der Waals surface area contributed by atoms with E-state index in [1.54, 1.807) is 6.92 Å². The van der Waals surface area contributed by atoms with Gasteiger partial charge in [0.05, 0.1) is 11.4 Å². The van der Waals surface area contributed by atoms with E-state index in [9.17, 15) is 9.90 Å². The van der Waals surface area contributed by atoms with Gasteiger partial charge in [-0.3, -0.25) is 4.98 Å². The number of pyridine rings is 1. The summed E-state index contributed by atoms with van der Waals surface area (Å²) < 4.78 is 0. The first-order valence-corrected chi connectivity index (χ1v) is 7.60. The molecule has 1 aromatic rings. The Labute approximate surface area is 126 Å². The minimum atomic E-state index is -0.887. The van der Waals surface area contributed by atoms with Crippen molar-refractivity contribution in [2.45, 2.75) is 39.7 Å². The molecule has 5 nitrogen and oxygen atoms in total. The van der Waals surface area contributed by atoms with Gasteiger partial charge in [0.25, 0.3) is 0 Å². The first-order chi connectivity index (χ1) is 9.93. The van der Waals surface area contributed by atoms with E-state index in [-0.39, 0.29) is 0 Å². The number of carboxylic acids is 1. The standard InChI is InChI=1S/C16H25N3O2/c1-5-13-10-18(4)7-6-8-19(13)14-9-11(2)17-12(3)15(14)16(20)21/h9,13H,5-8,10H2,1-4H3,(H,20,21). The van der Waals surface area contributed by atoms with Gasteiger partial charge < -0.3 is 14.9 Å². The van der Waals surface area contributed by atoms with Crippen molar-refractivity contribution in [3.8, 4) is 0 Å². The summed E-state index contributed by atoms with van der Waals surface area (Å²) in [4.78, 5) is 20.6. The molecule has 1 fully saturated rings. The van der Waals surface area contributed by atoms with E-state index in [0.29, 0.717) is 17.3 Å². The molecule has 1 aromatic heterocycles. The predicted molar refractivity (Wildman–Crippen MR) is 84.2 cm³/mol. The van der Waals surface area contributed by atoms with Crippen molar-refractivity contribution in [1.82, 2.24) is 9.88 Å². The molecule has 0 aliphatic carbocycles. The molecule has 2 rings (SSSR count). The van der Waals surface area contributed by atoms with Crippen LogP contribution in [0.1, 0.15) is 41.5 Å². The number of hydrogen-bond donors (Lipinski definition) is 1. The van der Waals surface area contributed by atoms with Gasteiger partial charge in [-0.25, -0.2) is 4.79 Å². The van der Waals surface area contributed by atoms with Crippen molar-refractivity contribution in [3.63, 3.8) is 0 Å². The van der Waals surface area contributed by atoms with Crippen LogP contribution < -0.4 is 4.90 Å². The average molecular weight is 291 g/mol. The van der Waals surface area contributed by atoms with Gasteiger partial charge in [-0.15, -0.1) is 0 Å². The molecule has 0 amide bonds. The second-order valence-electron chi connectivity index (χ2n) is 5.92. The lowest BCUT2D eigenvalue weighted by Crippen LogP contribution is -2.40. The summed E-state index contributed by atoms with van der Waals surface area (Å²) in [5.41, 5.74) is 2.66. The molecular formula is C16H25N3O2. The van der Waals surface area contributed by atoms with E-state index in [0.717, 1.165) is 43.9 Å². The van der Waals surface area contributed by atoms with Crippen LogP contribution in [0.15, 0.2) is 6.07 Å². The molecule has 1 saturated heterocycles. The third kappa shape index (κ3) is 3.35. The highest BCUT2D eigenvalue weighted by molar-refractivity contribution is 5.95. The molecular weight excluding hydrogens is 266 g/mol. The van der Waals surface area contributed by atoms with E-state index >= 15 is 0 Å². The minimum Gasteiger partial charge on any atom is -0.478 e. The smallest absolute Gasteiger partial charge is 0.339 e. The maximum atomic E-state index is 11.7. The second kappa shape index (κ2) is 6.43. The molecule has 1 aliphatic heterocycles. The summed E-state index contributed by atoms with van der Waals surface area (Å²) in [5, 5.41) is 9.57. The van der Waals surface area contributed by atoms with E-state index in [1.807, 2.05) is 13.0 Å². The fourth-order valence-corrected chi connectivity index (χ4v) is 3.21. The van der Waals surface area contributed by atoms with Gasteiger partial charge in [0.15, 0.2) is 0 Å². The highest BCUT2D eigenvalue weighted by Gasteiger charge is 2.27. The lowest BCUT2D eigenvalue weighted by Gasteiger charge is -2.33. The van der Waals surface area contributed by atoms with Crippen LogP contribution in [0.2, 0.25) is 0 Å². The number of carbonyl (C=O) groups is 1. The molecule has 0 aromatic carbocycles. The molecule has 1 unspecified atom stereocenters. The number of likely N-dealkylation sites (N-methyl/N-ethyl adjacent to an activating group) is 1. The van der Waals surface area contributed by atoms with E-state index < -0.39 is 5.97 Å². The molecule has 0 spiro atoms. The van der Waals surface area contributed by atoms with Gasteiger partial charge >= 0.3 is 5.97 Å². The van der Waals surface area contributed by atoms with Crippen LogP contribution >= 0.6 is 0 Å². The van der Waals surface area contributed by atoms with Crippen molar-refractivity contribution in [1.29, 1.82) is 0 Å². The number of aromatic nitrogens is 1. The van der Waals surface area contributed by atoms with E-state index in [1.165, 1.54) is 0 Å². The zero-order valence-electron chi connectivity index (χ0n) is 13.4. The Hall–Kier alpha value is -1.62. The Morgan fingerprint density at radius 1 is 1.43 bits per heavy atom. The highest BCUT2D eigenvalue weighted by atomic mass is 16.4. The highest BCUT2D eigenvalue weighted by Crippen LogP contribution is 2.28. The quantitative estimate of drug-likeness (QED) is 0.926. The Morgan fingerprint density at radius 2 is 2.14 bits per heavy atom. The lowest BCUT2D eigenvalue weighted by atomic mass is 10.1. The summed E-state index contributed by atoms with van der Waals surface area (Å²) in [6.07, 6.45) is 2.05. The van der Waals surface area contributed by atoms with Crippen molar-refractivity contribution >= 4 is 11.7 Å². The van der Waals surface area contributed by atoms with Crippen LogP contribution in [0.4, 0.5) is 5.69 Å². The molecule has 0 bridgehead atoms. The largest absolute Gasteiger partial charge is 0.478 e. The third-order valence-electron chi connectivity index (χ3n) is 4.20. The van der Waals surface area contributed by atoms with Crippen molar-refractivity contribution in [2.75, 3.05) is 31.6 Å². The molecule has 0 radical (unpaired) electrons. The molecule has 21 heavy (non-hydrogen) atoms. The number of rotatable bonds is 3. The molecule has 1 atom stereocenters. The maximum absolute atomic E-state index is 11.7. The van der Waals surface area contributed by atoms with Crippen molar-refractivity contribution in [3.05, 3.63) is 23.0 Å². The van der Waals surface area contributed by atoms with Gasteiger partial charge in [-0.1, -0.05) is 6.92 Å². The maximum Gasteiger partial charge on any atom is 0.339 e. The predicted octanol–water partition coefficient (Wildman–Crippen LogP) is 2.32. The fraction of sp³-hybridized carbons (Fsp3) is 0.625. The van der Waals surface area contributed by atoms with Crippen LogP contribution in [0.3, 0.4) is 0 Å². The van der Waals surface area contributed by atoms with Crippen LogP contribution in [0, 0.1) is 13.8 Å². The third-order valence-corrected chi connectivity index (χ3v) is 4.20. The average Bonchev–Trinajstić information content (AvgIpc) is 2.58. The van der Waals surface area contributed by atoms with Crippen LogP contribution in [0.25, 0.3) is 0 Å². The second-order valence-corrected chi connectivity index (χ2v) is 5.92. The lowest BCUT2D eigenvalue weighted by molar-refractivity contribution is 0.0696. The molecule has 1 N–H and O–H groups in total. The number of nitrogens with zero attached hydrogens (tertiary/aromatic N) is 3. The molecule has 0 saturated carbocycles. The first-order valence-electron chi connectivity index (χ1n) is 7.60. The van der Waals surface area contributed by atoms with Crippen LogP contribution in [-0.2, 0) is 0 Å². The Morgan fingerprint density at radius 3 is 2.76 bits per heavy atom. The molecule has 2 heterocycles. The summed E-state index contributed by atoms with van der Waals surface area (Å²) in [5.74, 6) is -0.887. The topological polar surface area (TPSA) is 56.7 Å². The Kier molecular flexibility index (Phi) is 4.83. The Bertz CT molecular complexity index is 530. The van der Waals surface area contributed by atoms with Gasteiger partial charge in [0.1, 0.15) is 5.56 Å². The monoisotopic (exact) mass is 291 g/mol. The fourth-order valence-electron chi connectivity index (χ4n) is 3.21. The van der Waals surface area contributed by atoms with Gasteiger partial charge in [0, 0.05) is 24.8 Å².